The van der Waals surface area contributed by atoms with Crippen molar-refractivity contribution >= 4 is 55.4 Å². The first-order valence-corrected chi connectivity index (χ1v) is 15.5. The van der Waals surface area contributed by atoms with Gasteiger partial charge in [-0.05, 0) is 95.8 Å². The summed E-state index contributed by atoms with van der Waals surface area (Å²) in [4.78, 5) is 0. The van der Waals surface area contributed by atoms with Gasteiger partial charge in [-0.3, -0.25) is 0 Å². The van der Waals surface area contributed by atoms with Gasteiger partial charge in [0.1, 0.15) is 23.0 Å². The Kier molecular flexibility index (Phi) is 5.12. The number of ether oxygens (including phenoxy) is 2. The maximum absolute atomic E-state index is 6.68. The topological polar surface area (TPSA) is 18.5 Å². The van der Waals surface area contributed by atoms with Gasteiger partial charge in [0.25, 0.3) is 6.71 Å². The van der Waals surface area contributed by atoms with Crippen LogP contribution in [0.1, 0.15) is 0 Å². The third-order valence-electron chi connectivity index (χ3n) is 9.57. The van der Waals surface area contributed by atoms with Crippen LogP contribution in [0, 0.1) is 0 Å². The normalized spacial score (nSPS) is 12.8. The fourth-order valence-corrected chi connectivity index (χ4v) is 7.63. The van der Waals surface area contributed by atoms with Crippen LogP contribution in [0.25, 0.3) is 54.6 Å². The van der Waals surface area contributed by atoms with Crippen LogP contribution in [0.5, 0.6) is 23.0 Å². The Hall–Kier alpha value is -5.80. The number of rotatable bonds is 2. The molecule has 10 rings (SSSR count). The van der Waals surface area contributed by atoms with Crippen molar-refractivity contribution in [2.75, 3.05) is 0 Å². The second-order valence-electron chi connectivity index (χ2n) is 12.0. The molecule has 0 atom stereocenters. The van der Waals surface area contributed by atoms with Crippen molar-refractivity contribution < 1.29 is 9.47 Å². The Labute approximate surface area is 261 Å². The third kappa shape index (κ3) is 3.58. The second-order valence-corrected chi connectivity index (χ2v) is 12.0. The quantitative estimate of drug-likeness (QED) is 0.152. The lowest BCUT2D eigenvalue weighted by molar-refractivity contribution is 0.464. The maximum atomic E-state index is 6.68. The van der Waals surface area contributed by atoms with Gasteiger partial charge >= 0.3 is 0 Å². The Bertz CT molecular complexity index is 2460. The minimum absolute atomic E-state index is 0.0581. The van der Waals surface area contributed by atoms with Crippen molar-refractivity contribution in [3.8, 4) is 45.3 Å². The molecule has 2 aliphatic rings. The molecule has 45 heavy (non-hydrogen) atoms. The van der Waals surface area contributed by atoms with Crippen molar-refractivity contribution in [1.82, 2.24) is 0 Å². The molecule has 0 bridgehead atoms. The van der Waals surface area contributed by atoms with E-state index in [1.807, 2.05) is 18.2 Å². The minimum atomic E-state index is 0.0581. The summed E-state index contributed by atoms with van der Waals surface area (Å²) in [7, 11) is 0. The predicted octanol–water partition coefficient (Wildman–Crippen LogP) is 9.21. The summed E-state index contributed by atoms with van der Waals surface area (Å²) < 4.78 is 13.0. The van der Waals surface area contributed by atoms with Crippen LogP contribution in [0.4, 0.5) is 0 Å². The molecule has 0 aromatic heterocycles. The summed E-state index contributed by atoms with van der Waals surface area (Å²) in [5, 5.41) is 7.45. The van der Waals surface area contributed by atoms with Crippen LogP contribution in [0.15, 0.2) is 152 Å². The van der Waals surface area contributed by atoms with E-state index in [-0.39, 0.29) is 6.71 Å². The van der Waals surface area contributed by atoms with Gasteiger partial charge < -0.3 is 9.47 Å². The number of benzene rings is 8. The van der Waals surface area contributed by atoms with Gasteiger partial charge in [-0.2, -0.15) is 0 Å². The Balaban J connectivity index is 1.22. The monoisotopic (exact) mass is 572 g/mol. The summed E-state index contributed by atoms with van der Waals surface area (Å²) in [6, 6.07) is 54.3. The second kappa shape index (κ2) is 9.35. The molecule has 0 unspecified atom stereocenters. The molecule has 0 saturated heterocycles. The number of fused-ring (bicyclic) bond motifs is 7. The molecule has 2 heterocycles. The highest BCUT2D eigenvalue weighted by atomic mass is 16.5. The Morgan fingerprint density at radius 2 is 0.867 bits per heavy atom. The molecule has 0 N–H and O–H groups in total. The van der Waals surface area contributed by atoms with Gasteiger partial charge in [0.2, 0.25) is 0 Å². The highest BCUT2D eigenvalue weighted by Crippen LogP contribution is 2.45. The van der Waals surface area contributed by atoms with E-state index in [0.717, 1.165) is 39.5 Å². The fourth-order valence-electron chi connectivity index (χ4n) is 7.63. The highest BCUT2D eigenvalue weighted by Gasteiger charge is 2.39. The van der Waals surface area contributed by atoms with Crippen LogP contribution in [-0.4, -0.2) is 6.71 Å². The SMILES string of the molecule is c1ccc2c(c1)Oc1cccc3c1B2c1ccc(-c2c4ccccc4c(-c4ccc5ccccc5c4)c4ccccc24)cc1O3. The smallest absolute Gasteiger partial charge is 0.260 e. The number of hydrogen-bond acceptors (Lipinski definition) is 2. The van der Waals surface area contributed by atoms with Gasteiger partial charge in [0.15, 0.2) is 0 Å². The predicted molar refractivity (Wildman–Crippen MR) is 188 cm³/mol. The van der Waals surface area contributed by atoms with E-state index in [2.05, 4.69) is 133 Å². The molecule has 2 nitrogen and oxygen atoms in total. The van der Waals surface area contributed by atoms with E-state index in [1.165, 1.54) is 54.5 Å². The lowest BCUT2D eigenvalue weighted by Crippen LogP contribution is -2.57. The van der Waals surface area contributed by atoms with Crippen molar-refractivity contribution in [3.63, 3.8) is 0 Å². The van der Waals surface area contributed by atoms with Gasteiger partial charge in [-0.15, -0.1) is 0 Å². The molecule has 8 aromatic carbocycles. The molecule has 2 aliphatic heterocycles. The maximum Gasteiger partial charge on any atom is 0.260 e. The molecule has 0 fully saturated rings. The molecule has 208 valence electrons. The first-order valence-electron chi connectivity index (χ1n) is 15.5. The van der Waals surface area contributed by atoms with E-state index < -0.39 is 0 Å². The largest absolute Gasteiger partial charge is 0.458 e. The van der Waals surface area contributed by atoms with Gasteiger partial charge in [0.05, 0.1) is 0 Å². The Morgan fingerprint density at radius 1 is 0.356 bits per heavy atom. The number of hydrogen-bond donors (Lipinski definition) is 0. The molecule has 0 amide bonds. The van der Waals surface area contributed by atoms with Crippen LogP contribution >= 0.6 is 0 Å². The Morgan fingerprint density at radius 3 is 1.58 bits per heavy atom. The average molecular weight is 572 g/mol. The van der Waals surface area contributed by atoms with E-state index in [4.69, 9.17) is 9.47 Å². The van der Waals surface area contributed by atoms with E-state index in [0.29, 0.717) is 0 Å². The third-order valence-corrected chi connectivity index (χ3v) is 9.57. The van der Waals surface area contributed by atoms with E-state index in [1.54, 1.807) is 0 Å². The van der Waals surface area contributed by atoms with Crippen LogP contribution < -0.4 is 25.9 Å². The molecule has 0 spiro atoms. The fraction of sp³-hybridized carbons (Fsp3) is 0. The van der Waals surface area contributed by atoms with Crippen molar-refractivity contribution in [1.29, 1.82) is 0 Å². The zero-order chi connectivity index (χ0) is 29.5. The lowest BCUT2D eigenvalue weighted by Gasteiger charge is -2.33. The van der Waals surface area contributed by atoms with E-state index >= 15 is 0 Å². The van der Waals surface area contributed by atoms with Crippen molar-refractivity contribution in [2.45, 2.75) is 0 Å². The average Bonchev–Trinajstić information content (AvgIpc) is 3.10. The molecule has 0 aliphatic carbocycles. The van der Waals surface area contributed by atoms with Gasteiger partial charge in [0, 0.05) is 5.46 Å². The summed E-state index contributed by atoms with van der Waals surface area (Å²) in [6.45, 7) is 0.0581. The molecule has 0 radical (unpaired) electrons. The first-order chi connectivity index (χ1) is 22.3. The van der Waals surface area contributed by atoms with Crippen LogP contribution in [-0.2, 0) is 0 Å². The lowest BCUT2D eigenvalue weighted by atomic mass is 9.35. The molecular weight excluding hydrogens is 547 g/mol. The summed E-state index contributed by atoms with van der Waals surface area (Å²) in [5.41, 5.74) is 8.31. The molecule has 0 saturated carbocycles. The van der Waals surface area contributed by atoms with Gasteiger partial charge in [-0.25, -0.2) is 0 Å². The molecule has 3 heteroatoms. The molecule has 8 aromatic rings. The van der Waals surface area contributed by atoms with Crippen molar-refractivity contribution in [3.05, 3.63) is 152 Å². The first kappa shape index (κ1) is 24.6. The summed E-state index contributed by atoms with van der Waals surface area (Å²) >= 11 is 0. The molecular formula is C42H25BO2. The van der Waals surface area contributed by atoms with E-state index in [9.17, 15) is 0 Å². The zero-order valence-electron chi connectivity index (χ0n) is 24.3. The number of para-hydroxylation sites is 1. The van der Waals surface area contributed by atoms with Crippen LogP contribution in [0.3, 0.4) is 0 Å². The highest BCUT2D eigenvalue weighted by molar-refractivity contribution is 6.98. The summed E-state index contributed by atoms with van der Waals surface area (Å²) in [5.74, 6) is 3.53. The zero-order valence-corrected chi connectivity index (χ0v) is 24.3. The standard InChI is InChI=1S/C42H25BO2/c1-2-11-27-24-28(21-20-26(27)10-1)40-30-12-3-5-14-32(30)41(33-15-6-4-13-31(33)40)29-22-23-35-39(25-29)45-38-19-9-18-37-42(38)43(35)34-16-7-8-17-36(34)44-37/h1-25H. The van der Waals surface area contributed by atoms with Crippen LogP contribution in [0.2, 0.25) is 0 Å². The van der Waals surface area contributed by atoms with Gasteiger partial charge in [-0.1, -0.05) is 121 Å². The van der Waals surface area contributed by atoms with Crippen molar-refractivity contribution in [2.24, 2.45) is 0 Å². The minimum Gasteiger partial charge on any atom is -0.458 e. The summed E-state index contributed by atoms with van der Waals surface area (Å²) in [6.07, 6.45) is 0.